The summed E-state index contributed by atoms with van der Waals surface area (Å²) >= 11 is 0. The Kier molecular flexibility index (Phi) is 4.22. The zero-order chi connectivity index (χ0) is 14.8. The fourth-order valence-electron chi connectivity index (χ4n) is 1.85. The van der Waals surface area contributed by atoms with E-state index in [2.05, 4.69) is 14.9 Å². The number of H-pyrrole nitrogens is 1. The van der Waals surface area contributed by atoms with E-state index in [1.165, 1.54) is 0 Å². The molecule has 1 aromatic carbocycles. The quantitative estimate of drug-likeness (QED) is 0.764. The Hall–Kier alpha value is -1.70. The Morgan fingerprint density at radius 3 is 2.50 bits per heavy atom. The van der Waals surface area contributed by atoms with Crippen LogP contribution in [0.4, 0.5) is 0 Å². The highest BCUT2D eigenvalue weighted by Crippen LogP contribution is 2.15. The van der Waals surface area contributed by atoms with Crippen molar-refractivity contribution < 1.29 is 8.42 Å². The van der Waals surface area contributed by atoms with Gasteiger partial charge in [0.15, 0.2) is 5.03 Å². The molecule has 1 aromatic heterocycles. The van der Waals surface area contributed by atoms with Crippen molar-refractivity contribution in [1.82, 2.24) is 14.9 Å². The van der Waals surface area contributed by atoms with Gasteiger partial charge >= 0.3 is 0 Å². The van der Waals surface area contributed by atoms with Gasteiger partial charge in [0.2, 0.25) is 0 Å². The van der Waals surface area contributed by atoms with Gasteiger partial charge in [-0.2, -0.15) is 5.10 Å². The van der Waals surface area contributed by atoms with Crippen molar-refractivity contribution in [2.45, 2.75) is 32.0 Å². The van der Waals surface area contributed by atoms with Crippen LogP contribution in [0, 0.1) is 13.8 Å². The van der Waals surface area contributed by atoms with Crippen molar-refractivity contribution in [1.29, 1.82) is 0 Å². The molecule has 20 heavy (non-hydrogen) atoms. The maximum Gasteiger partial charge on any atom is 0.260 e. The van der Waals surface area contributed by atoms with Crippen LogP contribution >= 0.6 is 0 Å². The van der Waals surface area contributed by atoms with E-state index < -0.39 is 10.0 Å². The van der Waals surface area contributed by atoms with Crippen LogP contribution in [0.25, 0.3) is 0 Å². The Labute approximate surface area is 118 Å². The number of rotatable bonds is 5. The first-order valence-electron chi connectivity index (χ1n) is 6.23. The van der Waals surface area contributed by atoms with Gasteiger partial charge in [0.05, 0.1) is 0 Å². The molecule has 0 radical (unpaired) electrons. The molecule has 0 bridgehead atoms. The van der Waals surface area contributed by atoms with Crippen molar-refractivity contribution in [3.05, 3.63) is 46.6 Å². The number of aromatic amines is 1. The van der Waals surface area contributed by atoms with Crippen LogP contribution in [0.1, 0.15) is 22.4 Å². The summed E-state index contributed by atoms with van der Waals surface area (Å²) in [6.45, 7) is 4.07. The predicted molar refractivity (Wildman–Crippen MR) is 76.4 cm³/mol. The lowest BCUT2D eigenvalue weighted by atomic mass is 10.2. The number of nitrogens with two attached hydrogens (primary N) is 1. The van der Waals surface area contributed by atoms with E-state index in [-0.39, 0.29) is 18.1 Å². The van der Waals surface area contributed by atoms with Gasteiger partial charge in [0, 0.05) is 24.3 Å². The molecule has 0 aliphatic carbocycles. The molecule has 0 amide bonds. The Balaban J connectivity index is 2.17. The minimum absolute atomic E-state index is 0.0235. The van der Waals surface area contributed by atoms with Gasteiger partial charge < -0.3 is 5.73 Å². The maximum absolute atomic E-state index is 12.2. The molecule has 4 N–H and O–H groups in total. The number of nitrogens with zero attached hydrogens (tertiary/aromatic N) is 1. The summed E-state index contributed by atoms with van der Waals surface area (Å²) in [5.74, 6) is 0. The van der Waals surface area contributed by atoms with Gasteiger partial charge in [-0.15, -0.1) is 0 Å². The zero-order valence-electron chi connectivity index (χ0n) is 11.5. The van der Waals surface area contributed by atoms with Crippen molar-refractivity contribution in [2.75, 3.05) is 0 Å². The van der Waals surface area contributed by atoms with E-state index in [1.807, 2.05) is 31.2 Å². The monoisotopic (exact) mass is 294 g/mol. The van der Waals surface area contributed by atoms with Crippen molar-refractivity contribution >= 4 is 10.0 Å². The summed E-state index contributed by atoms with van der Waals surface area (Å²) in [6.07, 6.45) is 0. The van der Waals surface area contributed by atoms with Crippen LogP contribution in [-0.4, -0.2) is 18.6 Å². The normalized spacial score (nSPS) is 11.8. The highest BCUT2D eigenvalue weighted by atomic mass is 32.2. The number of hydrogen-bond acceptors (Lipinski definition) is 4. The fraction of sp³-hybridized carbons (Fsp3) is 0.308. The Morgan fingerprint density at radius 1 is 1.25 bits per heavy atom. The SMILES string of the molecule is Cc1ccc(CNS(=O)(=O)c2n[nH]c(C)c2CN)cc1. The van der Waals surface area contributed by atoms with Crippen molar-refractivity contribution in [3.8, 4) is 0 Å². The highest BCUT2D eigenvalue weighted by molar-refractivity contribution is 7.89. The van der Waals surface area contributed by atoms with Crippen molar-refractivity contribution in [2.24, 2.45) is 5.73 Å². The van der Waals surface area contributed by atoms with Gasteiger partial charge in [-0.25, -0.2) is 13.1 Å². The smallest absolute Gasteiger partial charge is 0.260 e. The molecule has 7 heteroatoms. The Bertz CT molecular complexity index is 690. The third-order valence-corrected chi connectivity index (χ3v) is 4.45. The zero-order valence-corrected chi connectivity index (χ0v) is 12.3. The third kappa shape index (κ3) is 3.06. The van der Waals surface area contributed by atoms with Gasteiger partial charge in [-0.1, -0.05) is 29.8 Å². The fourth-order valence-corrected chi connectivity index (χ4v) is 3.07. The van der Waals surface area contributed by atoms with E-state index in [4.69, 9.17) is 5.73 Å². The van der Waals surface area contributed by atoms with Crippen LogP contribution in [0.3, 0.4) is 0 Å². The second-order valence-corrected chi connectivity index (χ2v) is 6.33. The summed E-state index contributed by atoms with van der Waals surface area (Å²) in [6, 6.07) is 7.65. The van der Waals surface area contributed by atoms with Crippen LogP contribution in [0.5, 0.6) is 0 Å². The molecule has 2 aromatic rings. The molecule has 0 unspecified atom stereocenters. The molecule has 6 nitrogen and oxygen atoms in total. The number of aromatic nitrogens is 2. The minimum Gasteiger partial charge on any atom is -0.326 e. The molecule has 0 aliphatic heterocycles. The van der Waals surface area contributed by atoms with Crippen LogP contribution < -0.4 is 10.5 Å². The van der Waals surface area contributed by atoms with E-state index in [0.29, 0.717) is 11.3 Å². The topological polar surface area (TPSA) is 101 Å². The number of benzene rings is 1. The molecule has 0 saturated carbocycles. The van der Waals surface area contributed by atoms with Gasteiger partial charge in [-0.3, -0.25) is 5.10 Å². The van der Waals surface area contributed by atoms with Gasteiger partial charge in [0.25, 0.3) is 10.0 Å². The molecule has 2 rings (SSSR count). The number of aryl methyl sites for hydroxylation is 2. The number of hydrogen-bond donors (Lipinski definition) is 3. The van der Waals surface area contributed by atoms with Crippen LogP contribution in [0.15, 0.2) is 29.3 Å². The highest BCUT2D eigenvalue weighted by Gasteiger charge is 2.22. The van der Waals surface area contributed by atoms with Crippen LogP contribution in [-0.2, 0) is 23.1 Å². The summed E-state index contributed by atoms with van der Waals surface area (Å²) in [7, 11) is -3.66. The van der Waals surface area contributed by atoms with Gasteiger partial charge in [-0.05, 0) is 19.4 Å². The average Bonchev–Trinajstić information content (AvgIpc) is 2.80. The van der Waals surface area contributed by atoms with E-state index >= 15 is 0 Å². The average molecular weight is 294 g/mol. The lowest BCUT2D eigenvalue weighted by Gasteiger charge is -2.06. The molecule has 0 aliphatic rings. The predicted octanol–water partition coefficient (Wildman–Crippen LogP) is 0.964. The van der Waals surface area contributed by atoms with Gasteiger partial charge in [0.1, 0.15) is 0 Å². The number of sulfonamides is 1. The molecule has 1 heterocycles. The first-order valence-corrected chi connectivity index (χ1v) is 7.71. The standard InChI is InChI=1S/C13H18N4O2S/c1-9-3-5-11(6-4-9)8-15-20(18,19)13-12(7-14)10(2)16-17-13/h3-6,15H,7-8,14H2,1-2H3,(H,16,17). The molecule has 108 valence electrons. The lowest BCUT2D eigenvalue weighted by Crippen LogP contribution is -2.25. The summed E-state index contributed by atoms with van der Waals surface area (Å²) in [5, 5.41) is 6.46. The van der Waals surface area contributed by atoms with Crippen molar-refractivity contribution in [3.63, 3.8) is 0 Å². The Morgan fingerprint density at radius 2 is 1.90 bits per heavy atom. The minimum atomic E-state index is -3.66. The molecule has 0 spiro atoms. The molecule has 0 saturated heterocycles. The molecule has 0 fully saturated rings. The molecular weight excluding hydrogens is 276 g/mol. The summed E-state index contributed by atoms with van der Waals surface area (Å²) in [5.41, 5.74) is 8.77. The maximum atomic E-state index is 12.2. The van der Waals surface area contributed by atoms with Crippen LogP contribution in [0.2, 0.25) is 0 Å². The van der Waals surface area contributed by atoms with E-state index in [0.717, 1.165) is 11.1 Å². The molecule has 0 atom stereocenters. The molecular formula is C13H18N4O2S. The summed E-state index contributed by atoms with van der Waals surface area (Å²) < 4.78 is 27.0. The number of nitrogens with one attached hydrogen (secondary N) is 2. The first kappa shape index (κ1) is 14.7. The van der Waals surface area contributed by atoms with E-state index in [9.17, 15) is 8.42 Å². The third-order valence-electron chi connectivity index (χ3n) is 3.08. The summed E-state index contributed by atoms with van der Waals surface area (Å²) in [4.78, 5) is 0. The van der Waals surface area contributed by atoms with E-state index in [1.54, 1.807) is 6.92 Å². The largest absolute Gasteiger partial charge is 0.326 e. The lowest BCUT2D eigenvalue weighted by molar-refractivity contribution is 0.575. The second-order valence-electron chi connectivity index (χ2n) is 4.65. The first-order chi connectivity index (χ1) is 9.44. The second kappa shape index (κ2) is 5.74.